The molecule has 3 atom stereocenters. The van der Waals surface area contributed by atoms with E-state index in [1.807, 2.05) is 0 Å². The molecule has 78 valence electrons. The van der Waals surface area contributed by atoms with Gasteiger partial charge in [0, 0.05) is 19.1 Å². The molecule has 4 heteroatoms. The van der Waals surface area contributed by atoms with Crippen molar-refractivity contribution in [3.05, 3.63) is 0 Å². The summed E-state index contributed by atoms with van der Waals surface area (Å²) in [5.74, 6) is 0.556. The number of aliphatic hydroxyl groups is 2. The summed E-state index contributed by atoms with van der Waals surface area (Å²) in [6, 6.07) is 0.481. The van der Waals surface area contributed by atoms with Crippen LogP contribution >= 0.6 is 0 Å². The second-order valence-corrected chi connectivity index (χ2v) is 3.98. The zero-order valence-electron chi connectivity index (χ0n) is 8.19. The average molecular weight is 188 g/mol. The summed E-state index contributed by atoms with van der Waals surface area (Å²) in [5.41, 5.74) is 5.58. The van der Waals surface area contributed by atoms with Crippen LogP contribution in [-0.2, 0) is 0 Å². The molecule has 1 aliphatic heterocycles. The Morgan fingerprint density at radius 3 is 2.77 bits per heavy atom. The molecule has 1 saturated heterocycles. The Hall–Kier alpha value is -0.160. The fraction of sp³-hybridized carbons (Fsp3) is 1.00. The maximum Gasteiger partial charge on any atom is 0.0897 e. The first-order valence-corrected chi connectivity index (χ1v) is 4.90. The molecule has 4 nitrogen and oxygen atoms in total. The smallest absolute Gasteiger partial charge is 0.0897 e. The molecule has 0 aromatic carbocycles. The number of nitrogens with two attached hydrogens (primary N) is 1. The van der Waals surface area contributed by atoms with Gasteiger partial charge in [0.1, 0.15) is 0 Å². The third-order valence-corrected chi connectivity index (χ3v) is 2.78. The maximum atomic E-state index is 9.27. The Morgan fingerprint density at radius 1 is 1.62 bits per heavy atom. The van der Waals surface area contributed by atoms with Gasteiger partial charge in [0.15, 0.2) is 0 Å². The predicted octanol–water partition coefficient (Wildman–Crippen LogP) is -0.991. The van der Waals surface area contributed by atoms with E-state index in [0.717, 1.165) is 19.5 Å². The quantitative estimate of drug-likeness (QED) is 0.530. The molecule has 0 aliphatic carbocycles. The minimum Gasteiger partial charge on any atom is -0.394 e. The second-order valence-electron chi connectivity index (χ2n) is 3.98. The molecule has 3 unspecified atom stereocenters. The zero-order valence-corrected chi connectivity index (χ0v) is 8.19. The molecule has 0 aromatic rings. The molecule has 0 radical (unpaired) electrons. The van der Waals surface area contributed by atoms with Gasteiger partial charge in [0.25, 0.3) is 0 Å². The highest BCUT2D eigenvalue weighted by Gasteiger charge is 2.28. The lowest BCUT2D eigenvalue weighted by Gasteiger charge is -2.23. The molecule has 1 rings (SSSR count). The van der Waals surface area contributed by atoms with Gasteiger partial charge >= 0.3 is 0 Å². The van der Waals surface area contributed by atoms with Gasteiger partial charge in [-0.05, 0) is 25.8 Å². The summed E-state index contributed by atoms with van der Waals surface area (Å²) in [6.45, 7) is 4.22. The largest absolute Gasteiger partial charge is 0.394 e. The first-order chi connectivity index (χ1) is 6.17. The van der Waals surface area contributed by atoms with Crippen molar-refractivity contribution >= 4 is 0 Å². The van der Waals surface area contributed by atoms with E-state index in [1.54, 1.807) is 0 Å². The van der Waals surface area contributed by atoms with Gasteiger partial charge in [0.2, 0.25) is 0 Å². The molecule has 0 bridgehead atoms. The summed E-state index contributed by atoms with van der Waals surface area (Å²) < 4.78 is 0. The van der Waals surface area contributed by atoms with Crippen LogP contribution in [0, 0.1) is 5.92 Å². The molecule has 0 spiro atoms. The van der Waals surface area contributed by atoms with Crippen molar-refractivity contribution in [2.45, 2.75) is 25.5 Å². The zero-order chi connectivity index (χ0) is 9.84. The van der Waals surface area contributed by atoms with Crippen molar-refractivity contribution in [2.75, 3.05) is 26.2 Å². The highest BCUT2D eigenvalue weighted by molar-refractivity contribution is 4.83. The Kier molecular flexibility index (Phi) is 4.12. The Bertz CT molecular complexity index is 155. The van der Waals surface area contributed by atoms with Crippen molar-refractivity contribution in [1.82, 2.24) is 4.90 Å². The van der Waals surface area contributed by atoms with E-state index >= 15 is 0 Å². The number of nitrogens with zero attached hydrogens (tertiary/aromatic N) is 1. The van der Waals surface area contributed by atoms with Crippen LogP contribution in [0.5, 0.6) is 0 Å². The fourth-order valence-corrected chi connectivity index (χ4v) is 1.97. The van der Waals surface area contributed by atoms with Crippen LogP contribution in [0.15, 0.2) is 0 Å². The van der Waals surface area contributed by atoms with Gasteiger partial charge in [-0.2, -0.15) is 0 Å². The number of aliphatic hydroxyl groups excluding tert-OH is 2. The van der Waals surface area contributed by atoms with Gasteiger partial charge in [-0.1, -0.05) is 0 Å². The summed E-state index contributed by atoms with van der Waals surface area (Å²) in [7, 11) is 0. The second kappa shape index (κ2) is 4.91. The Morgan fingerprint density at radius 2 is 2.31 bits per heavy atom. The predicted molar refractivity (Wildman–Crippen MR) is 51.3 cm³/mol. The average Bonchev–Trinajstić information content (AvgIpc) is 2.47. The van der Waals surface area contributed by atoms with Crippen LogP contribution in [-0.4, -0.2) is 53.5 Å². The lowest BCUT2D eigenvalue weighted by Crippen LogP contribution is -2.36. The van der Waals surface area contributed by atoms with E-state index in [-0.39, 0.29) is 6.61 Å². The van der Waals surface area contributed by atoms with Crippen LogP contribution in [0.3, 0.4) is 0 Å². The van der Waals surface area contributed by atoms with E-state index in [4.69, 9.17) is 10.8 Å². The van der Waals surface area contributed by atoms with Crippen LogP contribution < -0.4 is 5.73 Å². The monoisotopic (exact) mass is 188 g/mol. The van der Waals surface area contributed by atoms with Crippen molar-refractivity contribution in [2.24, 2.45) is 11.7 Å². The summed E-state index contributed by atoms with van der Waals surface area (Å²) in [6.07, 6.45) is 0.494. The minimum absolute atomic E-state index is 0.156. The lowest BCUT2D eigenvalue weighted by molar-refractivity contribution is 0.0566. The molecule has 1 heterocycles. The van der Waals surface area contributed by atoms with E-state index in [2.05, 4.69) is 11.8 Å². The minimum atomic E-state index is -0.612. The van der Waals surface area contributed by atoms with Gasteiger partial charge in [-0.25, -0.2) is 0 Å². The molecular weight excluding hydrogens is 168 g/mol. The molecular formula is C9H20N2O2. The van der Waals surface area contributed by atoms with E-state index in [0.29, 0.717) is 18.5 Å². The number of likely N-dealkylation sites (tertiary alicyclic amines) is 1. The lowest BCUT2D eigenvalue weighted by atomic mass is 10.1. The molecule has 0 amide bonds. The van der Waals surface area contributed by atoms with Crippen LogP contribution in [0.25, 0.3) is 0 Å². The van der Waals surface area contributed by atoms with Crippen LogP contribution in [0.2, 0.25) is 0 Å². The Labute approximate surface area is 79.3 Å². The number of hydrogen-bond acceptors (Lipinski definition) is 4. The van der Waals surface area contributed by atoms with Gasteiger partial charge < -0.3 is 15.9 Å². The van der Waals surface area contributed by atoms with Crippen molar-refractivity contribution in [3.8, 4) is 0 Å². The third kappa shape index (κ3) is 2.91. The van der Waals surface area contributed by atoms with E-state index in [1.165, 1.54) is 0 Å². The summed E-state index contributed by atoms with van der Waals surface area (Å²) in [5, 5.41) is 18.0. The van der Waals surface area contributed by atoms with Crippen LogP contribution in [0.4, 0.5) is 0 Å². The summed E-state index contributed by atoms with van der Waals surface area (Å²) >= 11 is 0. The van der Waals surface area contributed by atoms with Crippen LogP contribution in [0.1, 0.15) is 13.3 Å². The SMILES string of the molecule is CC1CC(CN)CN1CC(O)CO. The Balaban J connectivity index is 2.34. The fourth-order valence-electron chi connectivity index (χ4n) is 1.97. The number of β-amino-alcohol motifs (C(OH)–C–C–N with tert-alkyl or cyclic N) is 1. The van der Waals surface area contributed by atoms with Gasteiger partial charge in [-0.15, -0.1) is 0 Å². The summed E-state index contributed by atoms with van der Waals surface area (Å²) in [4.78, 5) is 2.19. The standard InChI is InChI=1S/C9H20N2O2/c1-7-2-8(3-10)4-11(7)5-9(13)6-12/h7-9,12-13H,2-6,10H2,1H3. The topological polar surface area (TPSA) is 69.7 Å². The highest BCUT2D eigenvalue weighted by Crippen LogP contribution is 2.21. The first kappa shape index (κ1) is 10.9. The molecule has 13 heavy (non-hydrogen) atoms. The normalized spacial score (nSPS) is 32.3. The molecule has 4 N–H and O–H groups in total. The molecule has 0 aromatic heterocycles. The molecule has 0 saturated carbocycles. The van der Waals surface area contributed by atoms with E-state index in [9.17, 15) is 5.11 Å². The number of rotatable bonds is 4. The first-order valence-electron chi connectivity index (χ1n) is 4.90. The highest BCUT2D eigenvalue weighted by atomic mass is 16.3. The van der Waals surface area contributed by atoms with Gasteiger partial charge in [-0.3, -0.25) is 4.90 Å². The third-order valence-electron chi connectivity index (χ3n) is 2.78. The molecule has 1 aliphatic rings. The van der Waals surface area contributed by atoms with E-state index < -0.39 is 6.10 Å². The van der Waals surface area contributed by atoms with Gasteiger partial charge in [0.05, 0.1) is 12.7 Å². The molecule has 1 fully saturated rings. The maximum absolute atomic E-state index is 9.27. The number of hydrogen-bond donors (Lipinski definition) is 3. The van der Waals surface area contributed by atoms with Crippen molar-refractivity contribution in [1.29, 1.82) is 0 Å². The van der Waals surface area contributed by atoms with Crippen molar-refractivity contribution in [3.63, 3.8) is 0 Å². The van der Waals surface area contributed by atoms with Crippen molar-refractivity contribution < 1.29 is 10.2 Å².